The van der Waals surface area contributed by atoms with Crippen LogP contribution in [0.15, 0.2) is 42.7 Å². The number of nitrogens with zero attached hydrogens (tertiary/aromatic N) is 6. The van der Waals surface area contributed by atoms with Crippen molar-refractivity contribution in [3.8, 4) is 5.82 Å². The Labute approximate surface area is 199 Å². The molecule has 9 nitrogen and oxygen atoms in total. The first-order valence-corrected chi connectivity index (χ1v) is 11.9. The number of carbonyl (C=O) groups excluding carboxylic acids is 1. The molecular formula is C25H31N7O2. The van der Waals surface area contributed by atoms with Gasteiger partial charge in [0.2, 0.25) is 5.91 Å². The van der Waals surface area contributed by atoms with E-state index in [2.05, 4.69) is 42.3 Å². The number of hydrogen-bond donors (Lipinski definition) is 1. The van der Waals surface area contributed by atoms with E-state index < -0.39 is 0 Å². The Morgan fingerprint density at radius 2 is 1.76 bits per heavy atom. The number of rotatable bonds is 5. The Hall–Kier alpha value is -3.46. The Bertz CT molecular complexity index is 1140. The summed E-state index contributed by atoms with van der Waals surface area (Å²) in [4.78, 5) is 26.4. The molecule has 0 spiro atoms. The first-order chi connectivity index (χ1) is 16.6. The van der Waals surface area contributed by atoms with Crippen LogP contribution in [0.1, 0.15) is 24.2 Å². The van der Waals surface area contributed by atoms with Crippen molar-refractivity contribution in [2.45, 2.75) is 26.7 Å². The molecule has 0 radical (unpaired) electrons. The van der Waals surface area contributed by atoms with E-state index in [1.165, 1.54) is 0 Å². The second-order valence-corrected chi connectivity index (χ2v) is 8.99. The fourth-order valence-electron chi connectivity index (χ4n) is 4.71. The van der Waals surface area contributed by atoms with Crippen LogP contribution in [0.2, 0.25) is 0 Å². The quantitative estimate of drug-likeness (QED) is 0.625. The molecule has 34 heavy (non-hydrogen) atoms. The van der Waals surface area contributed by atoms with Crippen molar-refractivity contribution in [1.29, 1.82) is 0 Å². The van der Waals surface area contributed by atoms with E-state index in [9.17, 15) is 4.79 Å². The van der Waals surface area contributed by atoms with Crippen molar-refractivity contribution in [3.05, 3.63) is 54.1 Å². The van der Waals surface area contributed by atoms with Crippen molar-refractivity contribution in [2.75, 3.05) is 54.5 Å². The van der Waals surface area contributed by atoms with Gasteiger partial charge in [0, 0.05) is 49.3 Å². The number of ether oxygens (including phenoxy) is 1. The van der Waals surface area contributed by atoms with Crippen LogP contribution in [0.25, 0.3) is 5.82 Å². The van der Waals surface area contributed by atoms with E-state index in [-0.39, 0.29) is 11.8 Å². The second kappa shape index (κ2) is 9.80. The van der Waals surface area contributed by atoms with Crippen molar-refractivity contribution in [3.63, 3.8) is 0 Å². The van der Waals surface area contributed by atoms with Crippen LogP contribution >= 0.6 is 0 Å². The number of benzene rings is 1. The molecule has 9 heteroatoms. The monoisotopic (exact) mass is 461 g/mol. The lowest BCUT2D eigenvalue weighted by Gasteiger charge is -2.33. The van der Waals surface area contributed by atoms with Crippen LogP contribution in [-0.4, -0.2) is 65.0 Å². The zero-order valence-corrected chi connectivity index (χ0v) is 19.8. The van der Waals surface area contributed by atoms with Gasteiger partial charge in [-0.2, -0.15) is 5.10 Å². The molecule has 1 atom stereocenters. The van der Waals surface area contributed by atoms with Crippen molar-refractivity contribution >= 4 is 23.1 Å². The van der Waals surface area contributed by atoms with Crippen LogP contribution in [-0.2, 0) is 9.53 Å². The van der Waals surface area contributed by atoms with E-state index >= 15 is 0 Å². The highest BCUT2D eigenvalue weighted by Gasteiger charge is 2.27. The summed E-state index contributed by atoms with van der Waals surface area (Å²) < 4.78 is 7.25. The topological polar surface area (TPSA) is 88.4 Å². The summed E-state index contributed by atoms with van der Waals surface area (Å²) in [5.41, 5.74) is 3.96. The molecule has 1 N–H and O–H groups in total. The maximum Gasteiger partial charge on any atom is 0.229 e. The van der Waals surface area contributed by atoms with E-state index in [1.807, 2.05) is 42.8 Å². The Morgan fingerprint density at radius 1 is 1.00 bits per heavy atom. The third kappa shape index (κ3) is 4.89. The summed E-state index contributed by atoms with van der Waals surface area (Å²) in [5.74, 6) is 1.52. The van der Waals surface area contributed by atoms with E-state index in [1.54, 1.807) is 6.33 Å². The third-order valence-corrected chi connectivity index (χ3v) is 6.49. The lowest BCUT2D eigenvalue weighted by atomic mass is 9.97. The molecule has 2 aliphatic heterocycles. The van der Waals surface area contributed by atoms with E-state index in [0.717, 1.165) is 80.1 Å². The number of aryl methyl sites for hydroxylation is 2. The van der Waals surface area contributed by atoms with Gasteiger partial charge in [0.25, 0.3) is 0 Å². The average Bonchev–Trinajstić information content (AvgIpc) is 3.23. The molecule has 2 saturated heterocycles. The first kappa shape index (κ1) is 22.3. The molecule has 2 fully saturated rings. The molecule has 2 aliphatic rings. The summed E-state index contributed by atoms with van der Waals surface area (Å²) in [6.07, 6.45) is 3.37. The molecule has 0 bridgehead atoms. The van der Waals surface area contributed by atoms with Gasteiger partial charge in [-0.05, 0) is 57.0 Å². The van der Waals surface area contributed by atoms with E-state index in [0.29, 0.717) is 6.54 Å². The van der Waals surface area contributed by atoms with Gasteiger partial charge >= 0.3 is 0 Å². The van der Waals surface area contributed by atoms with Gasteiger partial charge in [0.05, 0.1) is 24.8 Å². The highest BCUT2D eigenvalue weighted by molar-refractivity contribution is 5.93. The third-order valence-electron chi connectivity index (χ3n) is 6.49. The van der Waals surface area contributed by atoms with Crippen LogP contribution in [0, 0.1) is 19.8 Å². The van der Waals surface area contributed by atoms with Gasteiger partial charge in [-0.15, -0.1) is 0 Å². The molecular weight excluding hydrogens is 430 g/mol. The zero-order chi connectivity index (χ0) is 23.5. The fraction of sp³-hybridized carbons (Fsp3) is 0.440. The highest BCUT2D eigenvalue weighted by atomic mass is 16.5. The zero-order valence-electron chi connectivity index (χ0n) is 19.8. The number of piperidine rings is 1. The molecule has 1 unspecified atom stereocenters. The first-order valence-electron chi connectivity index (χ1n) is 11.9. The van der Waals surface area contributed by atoms with Crippen LogP contribution < -0.4 is 15.1 Å². The van der Waals surface area contributed by atoms with Crippen LogP contribution in [0.5, 0.6) is 0 Å². The predicted molar refractivity (Wildman–Crippen MR) is 132 cm³/mol. The molecule has 5 rings (SSSR count). The number of amides is 1. The minimum atomic E-state index is -0.0974. The molecule has 2 aromatic heterocycles. The van der Waals surface area contributed by atoms with Gasteiger partial charge < -0.3 is 19.9 Å². The number of anilines is 3. The predicted octanol–water partition coefficient (Wildman–Crippen LogP) is 2.97. The average molecular weight is 462 g/mol. The van der Waals surface area contributed by atoms with Crippen molar-refractivity contribution < 1.29 is 9.53 Å². The van der Waals surface area contributed by atoms with Crippen LogP contribution in [0.3, 0.4) is 0 Å². The number of nitrogens with one attached hydrogen (secondary N) is 1. The number of hydrogen-bond acceptors (Lipinski definition) is 7. The maximum absolute atomic E-state index is 13.1. The molecule has 4 heterocycles. The normalized spacial score (nSPS) is 18.7. The molecule has 178 valence electrons. The number of aromatic nitrogens is 4. The maximum atomic E-state index is 13.1. The fourth-order valence-corrected chi connectivity index (χ4v) is 4.71. The standard InChI is InChI=1S/C25H31N7O2/c1-18-14-19(2)32(29-18)24-15-23(26-17-27-24)31-9-3-4-20(16-31)25(33)28-21-5-7-22(8-6-21)30-10-12-34-13-11-30/h5-8,14-15,17,20H,3-4,9-13,16H2,1-2H3,(H,28,33). The Morgan fingerprint density at radius 3 is 2.50 bits per heavy atom. The molecule has 0 aliphatic carbocycles. The molecule has 1 amide bonds. The van der Waals surface area contributed by atoms with Gasteiger partial charge in [0.1, 0.15) is 12.1 Å². The summed E-state index contributed by atoms with van der Waals surface area (Å²) in [7, 11) is 0. The van der Waals surface area contributed by atoms with Gasteiger partial charge in [-0.1, -0.05) is 0 Å². The second-order valence-electron chi connectivity index (χ2n) is 8.99. The molecule has 0 saturated carbocycles. The van der Waals surface area contributed by atoms with Crippen LogP contribution in [0.4, 0.5) is 17.2 Å². The number of carbonyl (C=O) groups is 1. The SMILES string of the molecule is Cc1cc(C)n(-c2cc(N3CCCC(C(=O)Nc4ccc(N5CCOCC5)cc4)C3)ncn2)n1. The highest BCUT2D eigenvalue weighted by Crippen LogP contribution is 2.25. The summed E-state index contributed by atoms with van der Waals surface area (Å²) in [6.45, 7) is 8.78. The van der Waals surface area contributed by atoms with Gasteiger partial charge in [-0.25, -0.2) is 14.6 Å². The van der Waals surface area contributed by atoms with Crippen molar-refractivity contribution in [1.82, 2.24) is 19.7 Å². The largest absolute Gasteiger partial charge is 0.378 e. The molecule has 3 aromatic rings. The smallest absolute Gasteiger partial charge is 0.229 e. The minimum Gasteiger partial charge on any atom is -0.378 e. The van der Waals surface area contributed by atoms with Crippen molar-refractivity contribution in [2.24, 2.45) is 5.92 Å². The Balaban J connectivity index is 1.23. The van der Waals surface area contributed by atoms with E-state index in [4.69, 9.17) is 4.74 Å². The minimum absolute atomic E-state index is 0.0525. The molecule has 1 aromatic carbocycles. The lowest BCUT2D eigenvalue weighted by Crippen LogP contribution is -2.41. The van der Waals surface area contributed by atoms with Gasteiger partial charge in [0.15, 0.2) is 5.82 Å². The summed E-state index contributed by atoms with van der Waals surface area (Å²) >= 11 is 0. The number of morpholine rings is 1. The van der Waals surface area contributed by atoms with Gasteiger partial charge in [-0.3, -0.25) is 4.79 Å². The lowest BCUT2D eigenvalue weighted by molar-refractivity contribution is -0.120. The summed E-state index contributed by atoms with van der Waals surface area (Å²) in [6, 6.07) is 12.1. The Kier molecular flexibility index (Phi) is 6.44. The summed E-state index contributed by atoms with van der Waals surface area (Å²) in [5, 5.41) is 7.63.